The van der Waals surface area contributed by atoms with Gasteiger partial charge in [-0.2, -0.15) is 0 Å². The Balaban J connectivity index is 1.98. The Morgan fingerprint density at radius 3 is 2.50 bits per heavy atom. The summed E-state index contributed by atoms with van der Waals surface area (Å²) in [5, 5.41) is 9.53. The van der Waals surface area contributed by atoms with E-state index in [1.165, 1.54) is 11.0 Å². The van der Waals surface area contributed by atoms with Crippen molar-refractivity contribution in [3.63, 3.8) is 0 Å². The Hall–Kier alpha value is -2.67. The molecule has 6 nitrogen and oxygen atoms in total. The molecule has 136 valence electrons. The highest BCUT2D eigenvalue weighted by Gasteiger charge is 2.33. The summed E-state index contributed by atoms with van der Waals surface area (Å²) in [6.07, 6.45) is 1.10. The molecule has 1 atom stereocenters. The van der Waals surface area contributed by atoms with Crippen LogP contribution in [0.1, 0.15) is 33.0 Å². The van der Waals surface area contributed by atoms with Gasteiger partial charge in [-0.05, 0) is 35.7 Å². The molecule has 7 heteroatoms. The second-order valence-electron chi connectivity index (χ2n) is 6.53. The SMILES string of the molecule is Cc1ccc(C(=O)N2Cc3ccccc3C(C(=O)O)C2)cc1S(C)(=O)=O. The molecule has 1 aliphatic heterocycles. The van der Waals surface area contributed by atoms with Crippen molar-refractivity contribution in [3.8, 4) is 0 Å². The highest BCUT2D eigenvalue weighted by atomic mass is 32.2. The number of nitrogens with zero attached hydrogens (tertiary/aromatic N) is 1. The number of carboxylic acid groups (broad SMARTS) is 1. The number of fused-ring (bicyclic) bond motifs is 1. The van der Waals surface area contributed by atoms with E-state index in [4.69, 9.17) is 0 Å². The lowest BCUT2D eigenvalue weighted by Crippen LogP contribution is -2.40. The van der Waals surface area contributed by atoms with Crippen LogP contribution in [0, 0.1) is 6.92 Å². The molecule has 1 N–H and O–H groups in total. The van der Waals surface area contributed by atoms with Gasteiger partial charge < -0.3 is 10.0 Å². The number of aryl methyl sites for hydroxylation is 1. The number of carboxylic acids is 1. The smallest absolute Gasteiger partial charge is 0.312 e. The molecule has 0 saturated heterocycles. The van der Waals surface area contributed by atoms with Gasteiger partial charge in [0.2, 0.25) is 0 Å². The van der Waals surface area contributed by atoms with Crippen LogP contribution in [0.2, 0.25) is 0 Å². The number of rotatable bonds is 3. The van der Waals surface area contributed by atoms with Crippen molar-refractivity contribution < 1.29 is 23.1 Å². The van der Waals surface area contributed by atoms with E-state index < -0.39 is 21.7 Å². The van der Waals surface area contributed by atoms with Gasteiger partial charge in [-0.3, -0.25) is 9.59 Å². The van der Waals surface area contributed by atoms with Crippen LogP contribution in [0.5, 0.6) is 0 Å². The maximum atomic E-state index is 12.9. The average Bonchev–Trinajstić information content (AvgIpc) is 2.59. The lowest BCUT2D eigenvalue weighted by Gasteiger charge is -2.33. The molecule has 0 aromatic heterocycles. The number of sulfone groups is 1. The van der Waals surface area contributed by atoms with Gasteiger partial charge in [0.1, 0.15) is 0 Å². The van der Waals surface area contributed by atoms with Gasteiger partial charge in [0.25, 0.3) is 5.91 Å². The average molecular weight is 373 g/mol. The number of carbonyl (C=O) groups excluding carboxylic acids is 1. The maximum Gasteiger partial charge on any atom is 0.312 e. The van der Waals surface area contributed by atoms with Crippen molar-refractivity contribution in [2.24, 2.45) is 0 Å². The second-order valence-corrected chi connectivity index (χ2v) is 8.51. The van der Waals surface area contributed by atoms with Crippen molar-refractivity contribution in [2.45, 2.75) is 24.3 Å². The van der Waals surface area contributed by atoms with Crippen LogP contribution in [-0.4, -0.2) is 43.1 Å². The van der Waals surface area contributed by atoms with E-state index in [9.17, 15) is 23.1 Å². The minimum absolute atomic E-state index is 0.0489. The normalized spacial score (nSPS) is 16.8. The van der Waals surface area contributed by atoms with Gasteiger partial charge in [0.05, 0.1) is 10.8 Å². The zero-order valence-electron chi connectivity index (χ0n) is 14.5. The number of carbonyl (C=O) groups is 2. The molecule has 2 aromatic rings. The predicted molar refractivity (Wildman–Crippen MR) is 95.8 cm³/mol. The highest BCUT2D eigenvalue weighted by Crippen LogP contribution is 2.30. The van der Waals surface area contributed by atoms with E-state index in [-0.39, 0.29) is 22.9 Å². The van der Waals surface area contributed by atoms with Gasteiger partial charge in [-0.1, -0.05) is 30.3 Å². The number of hydrogen-bond acceptors (Lipinski definition) is 4. The Bertz CT molecular complexity index is 997. The van der Waals surface area contributed by atoms with E-state index in [1.54, 1.807) is 37.3 Å². The Morgan fingerprint density at radius 2 is 1.85 bits per heavy atom. The number of aliphatic carboxylic acids is 1. The maximum absolute atomic E-state index is 12.9. The summed E-state index contributed by atoms with van der Waals surface area (Å²) in [6, 6.07) is 11.7. The summed E-state index contributed by atoms with van der Waals surface area (Å²) in [5.41, 5.74) is 2.30. The third-order valence-corrected chi connectivity index (χ3v) is 5.85. The summed E-state index contributed by atoms with van der Waals surface area (Å²) in [5.74, 6) is -2.17. The standard InChI is InChI=1S/C19H19NO5S/c1-12-7-8-13(9-17(12)26(2,24)25)18(21)20-10-14-5-3-4-6-15(14)16(11-20)19(22)23/h3-9,16H,10-11H2,1-2H3,(H,22,23). The van der Waals surface area contributed by atoms with Crippen LogP contribution >= 0.6 is 0 Å². The molecule has 1 heterocycles. The quantitative estimate of drug-likeness (QED) is 0.891. The molecule has 1 unspecified atom stereocenters. The zero-order chi connectivity index (χ0) is 19.1. The molecular formula is C19H19NO5S. The predicted octanol–water partition coefficient (Wildman–Crippen LogP) is 2.22. The van der Waals surface area contributed by atoms with E-state index in [0.29, 0.717) is 17.7 Å². The van der Waals surface area contributed by atoms with Crippen molar-refractivity contribution in [1.82, 2.24) is 4.90 Å². The van der Waals surface area contributed by atoms with Crippen LogP contribution in [0.3, 0.4) is 0 Å². The topological polar surface area (TPSA) is 91.8 Å². The van der Waals surface area contributed by atoms with Gasteiger partial charge in [0, 0.05) is 24.9 Å². The summed E-state index contributed by atoms with van der Waals surface area (Å²) in [4.78, 5) is 26.1. The molecule has 1 aliphatic rings. The summed E-state index contributed by atoms with van der Waals surface area (Å²) in [6.45, 7) is 2.01. The minimum Gasteiger partial charge on any atom is -0.481 e. The first kappa shape index (κ1) is 18.1. The molecule has 1 amide bonds. The van der Waals surface area contributed by atoms with E-state index in [2.05, 4.69) is 0 Å². The summed E-state index contributed by atoms with van der Waals surface area (Å²) in [7, 11) is -3.46. The fraction of sp³-hybridized carbons (Fsp3) is 0.263. The fourth-order valence-electron chi connectivity index (χ4n) is 3.29. The van der Waals surface area contributed by atoms with E-state index >= 15 is 0 Å². The highest BCUT2D eigenvalue weighted by molar-refractivity contribution is 7.90. The Labute approximate surface area is 152 Å². The molecule has 2 aromatic carbocycles. The molecule has 0 radical (unpaired) electrons. The first-order valence-corrected chi connectivity index (χ1v) is 9.98. The summed E-state index contributed by atoms with van der Waals surface area (Å²) >= 11 is 0. The van der Waals surface area contributed by atoms with Gasteiger partial charge in [-0.25, -0.2) is 8.42 Å². The first-order chi connectivity index (χ1) is 12.2. The molecule has 0 aliphatic carbocycles. The lowest BCUT2D eigenvalue weighted by atomic mass is 9.89. The van der Waals surface area contributed by atoms with E-state index in [1.807, 2.05) is 6.07 Å². The van der Waals surface area contributed by atoms with Gasteiger partial charge in [-0.15, -0.1) is 0 Å². The third kappa shape index (κ3) is 3.35. The number of amides is 1. The monoisotopic (exact) mass is 373 g/mol. The van der Waals surface area contributed by atoms with Crippen molar-refractivity contribution in [2.75, 3.05) is 12.8 Å². The van der Waals surface area contributed by atoms with Crippen molar-refractivity contribution in [1.29, 1.82) is 0 Å². The van der Waals surface area contributed by atoms with Crippen LogP contribution in [0.25, 0.3) is 0 Å². The van der Waals surface area contributed by atoms with Crippen molar-refractivity contribution in [3.05, 3.63) is 64.7 Å². The number of hydrogen-bond donors (Lipinski definition) is 1. The van der Waals surface area contributed by atoms with Crippen molar-refractivity contribution >= 4 is 21.7 Å². The van der Waals surface area contributed by atoms with Crippen LogP contribution < -0.4 is 0 Å². The van der Waals surface area contributed by atoms with Gasteiger partial charge >= 0.3 is 5.97 Å². The van der Waals surface area contributed by atoms with Gasteiger partial charge in [0.15, 0.2) is 9.84 Å². The molecule has 0 bridgehead atoms. The Kier molecular flexibility index (Phi) is 4.58. The molecule has 3 rings (SSSR count). The zero-order valence-corrected chi connectivity index (χ0v) is 15.3. The molecule has 0 spiro atoms. The molecule has 26 heavy (non-hydrogen) atoms. The largest absolute Gasteiger partial charge is 0.481 e. The lowest BCUT2D eigenvalue weighted by molar-refractivity contribution is -0.139. The van der Waals surface area contributed by atoms with Crippen LogP contribution in [-0.2, 0) is 21.2 Å². The molecular weight excluding hydrogens is 354 g/mol. The third-order valence-electron chi connectivity index (χ3n) is 4.61. The van der Waals surface area contributed by atoms with Crippen LogP contribution in [0.15, 0.2) is 47.4 Å². The minimum atomic E-state index is -3.46. The Morgan fingerprint density at radius 1 is 1.15 bits per heavy atom. The van der Waals surface area contributed by atoms with Crippen LogP contribution in [0.4, 0.5) is 0 Å². The summed E-state index contributed by atoms with van der Waals surface area (Å²) < 4.78 is 23.8. The molecule has 0 fully saturated rings. The second kappa shape index (κ2) is 6.57. The fourth-order valence-corrected chi connectivity index (χ4v) is 4.28. The van der Waals surface area contributed by atoms with E-state index in [0.717, 1.165) is 11.8 Å². The number of benzene rings is 2. The first-order valence-electron chi connectivity index (χ1n) is 8.09. The molecule has 0 saturated carbocycles.